The first-order chi connectivity index (χ1) is 11.5. The lowest BCUT2D eigenvalue weighted by atomic mass is 9.96. The fourth-order valence-corrected chi connectivity index (χ4v) is 2.83. The third-order valence-corrected chi connectivity index (χ3v) is 4.42. The second kappa shape index (κ2) is 10.8. The summed E-state index contributed by atoms with van der Waals surface area (Å²) < 4.78 is 11.2. The predicted molar refractivity (Wildman–Crippen MR) is 102 cm³/mol. The first kappa shape index (κ1) is 21.9. The molecule has 0 spiro atoms. The van der Waals surface area contributed by atoms with Crippen molar-refractivity contribution in [3.63, 3.8) is 0 Å². The van der Waals surface area contributed by atoms with Gasteiger partial charge in [0.1, 0.15) is 0 Å². The van der Waals surface area contributed by atoms with Gasteiger partial charge in [0.15, 0.2) is 0 Å². The standard InChI is InChI=1S/C19H30N2O3.ClH/c1-3-10-19(2,20)18(22)21-13-15-4-6-16(7-5-15)14-24-17-8-11-23-12-9-17;/h4-7,17H,3,8-14,20H2,1-2H3,(H,21,22);1H. The first-order valence-electron chi connectivity index (χ1n) is 8.85. The first-order valence-corrected chi connectivity index (χ1v) is 8.85. The van der Waals surface area contributed by atoms with E-state index in [9.17, 15) is 4.79 Å². The highest BCUT2D eigenvalue weighted by molar-refractivity contribution is 5.85. The number of halogens is 1. The largest absolute Gasteiger partial charge is 0.381 e. The van der Waals surface area contributed by atoms with Gasteiger partial charge in [-0.2, -0.15) is 0 Å². The van der Waals surface area contributed by atoms with Gasteiger partial charge in [0.25, 0.3) is 0 Å². The number of ether oxygens (including phenoxy) is 2. The summed E-state index contributed by atoms with van der Waals surface area (Å²) in [6, 6.07) is 8.15. The fourth-order valence-electron chi connectivity index (χ4n) is 2.83. The smallest absolute Gasteiger partial charge is 0.240 e. The van der Waals surface area contributed by atoms with Crippen LogP contribution in [0.4, 0.5) is 0 Å². The molecule has 1 amide bonds. The lowest BCUT2D eigenvalue weighted by molar-refractivity contribution is -0.126. The normalized spacial score (nSPS) is 17.4. The lowest BCUT2D eigenvalue weighted by Gasteiger charge is -2.23. The van der Waals surface area contributed by atoms with E-state index in [2.05, 4.69) is 17.4 Å². The molecule has 0 aliphatic carbocycles. The second-order valence-corrected chi connectivity index (χ2v) is 6.79. The molecule has 0 bridgehead atoms. The van der Waals surface area contributed by atoms with Crippen molar-refractivity contribution in [2.45, 2.75) is 64.3 Å². The molecule has 1 atom stereocenters. The van der Waals surface area contributed by atoms with Crippen molar-refractivity contribution < 1.29 is 14.3 Å². The van der Waals surface area contributed by atoms with Gasteiger partial charge in [-0.1, -0.05) is 37.6 Å². The Bertz CT molecular complexity index is 514. The van der Waals surface area contributed by atoms with Gasteiger partial charge >= 0.3 is 0 Å². The summed E-state index contributed by atoms with van der Waals surface area (Å²) in [6.07, 6.45) is 3.82. The van der Waals surface area contributed by atoms with Crippen molar-refractivity contribution in [2.24, 2.45) is 5.73 Å². The molecule has 1 aromatic rings. The van der Waals surface area contributed by atoms with E-state index >= 15 is 0 Å². The Balaban J connectivity index is 0.00000312. The summed E-state index contributed by atoms with van der Waals surface area (Å²) in [5, 5.41) is 2.92. The summed E-state index contributed by atoms with van der Waals surface area (Å²) in [5.74, 6) is -0.101. The Kier molecular flexibility index (Phi) is 9.43. The molecule has 1 saturated heterocycles. The Morgan fingerprint density at radius 3 is 2.48 bits per heavy atom. The van der Waals surface area contributed by atoms with E-state index in [1.165, 1.54) is 0 Å². The van der Waals surface area contributed by atoms with Crippen molar-refractivity contribution >= 4 is 18.3 Å². The highest BCUT2D eigenvalue weighted by Gasteiger charge is 2.26. The molecule has 0 radical (unpaired) electrons. The molecule has 3 N–H and O–H groups in total. The van der Waals surface area contributed by atoms with Crippen LogP contribution in [0.1, 0.15) is 50.7 Å². The van der Waals surface area contributed by atoms with Crippen LogP contribution in [-0.2, 0) is 27.4 Å². The van der Waals surface area contributed by atoms with Crippen molar-refractivity contribution in [1.82, 2.24) is 5.32 Å². The summed E-state index contributed by atoms with van der Waals surface area (Å²) in [4.78, 5) is 12.1. The zero-order valence-electron chi connectivity index (χ0n) is 15.3. The number of benzene rings is 1. The van der Waals surface area contributed by atoms with Crippen LogP contribution in [0, 0.1) is 0 Å². The predicted octanol–water partition coefficient (Wildman–Crippen LogP) is 2.94. The third-order valence-electron chi connectivity index (χ3n) is 4.42. The van der Waals surface area contributed by atoms with Gasteiger partial charge in [-0.25, -0.2) is 0 Å². The van der Waals surface area contributed by atoms with Gasteiger partial charge in [0.2, 0.25) is 5.91 Å². The highest BCUT2D eigenvalue weighted by atomic mass is 35.5. The summed E-state index contributed by atoms with van der Waals surface area (Å²) in [6.45, 7) is 6.51. The van der Waals surface area contributed by atoms with Crippen LogP contribution in [0.3, 0.4) is 0 Å². The van der Waals surface area contributed by atoms with Crippen molar-refractivity contribution in [3.8, 4) is 0 Å². The average molecular weight is 371 g/mol. The zero-order chi connectivity index (χ0) is 17.4. The Hall–Kier alpha value is -1.14. The van der Waals surface area contributed by atoms with Crippen LogP contribution in [0.15, 0.2) is 24.3 Å². The Morgan fingerprint density at radius 2 is 1.88 bits per heavy atom. The van der Waals surface area contributed by atoms with Crippen LogP contribution in [-0.4, -0.2) is 30.8 Å². The lowest BCUT2D eigenvalue weighted by Crippen LogP contribution is -2.51. The van der Waals surface area contributed by atoms with Crippen LogP contribution >= 0.6 is 12.4 Å². The van der Waals surface area contributed by atoms with Crippen molar-refractivity contribution in [3.05, 3.63) is 35.4 Å². The molecule has 6 heteroatoms. The van der Waals surface area contributed by atoms with E-state index in [1.54, 1.807) is 6.92 Å². The summed E-state index contributed by atoms with van der Waals surface area (Å²) in [7, 11) is 0. The molecule has 1 aliphatic heterocycles. The van der Waals surface area contributed by atoms with E-state index in [0.717, 1.165) is 43.6 Å². The maximum Gasteiger partial charge on any atom is 0.240 e. The second-order valence-electron chi connectivity index (χ2n) is 6.79. The molecular formula is C19H31ClN2O3. The molecule has 1 unspecified atom stereocenters. The van der Waals surface area contributed by atoms with E-state index in [0.29, 0.717) is 25.7 Å². The van der Waals surface area contributed by atoms with E-state index in [-0.39, 0.29) is 18.3 Å². The molecule has 1 fully saturated rings. The zero-order valence-corrected chi connectivity index (χ0v) is 16.1. The molecule has 0 saturated carbocycles. The van der Waals surface area contributed by atoms with E-state index < -0.39 is 5.54 Å². The SMILES string of the molecule is CCCC(C)(N)C(=O)NCc1ccc(COC2CCOCC2)cc1.Cl. The van der Waals surface area contributed by atoms with E-state index in [1.807, 2.05) is 19.1 Å². The molecule has 25 heavy (non-hydrogen) atoms. The van der Waals surface area contributed by atoms with Crippen LogP contribution in [0.2, 0.25) is 0 Å². The van der Waals surface area contributed by atoms with Crippen molar-refractivity contribution in [2.75, 3.05) is 13.2 Å². The molecule has 2 rings (SSSR count). The highest BCUT2D eigenvalue weighted by Crippen LogP contribution is 2.14. The Morgan fingerprint density at radius 1 is 1.28 bits per heavy atom. The number of carbonyl (C=O) groups excluding carboxylic acids is 1. The van der Waals surface area contributed by atoms with Gasteiger partial charge in [-0.3, -0.25) is 4.79 Å². The van der Waals surface area contributed by atoms with Crippen molar-refractivity contribution in [1.29, 1.82) is 0 Å². The monoisotopic (exact) mass is 370 g/mol. The number of carbonyl (C=O) groups is 1. The molecule has 5 nitrogen and oxygen atoms in total. The van der Waals surface area contributed by atoms with Gasteiger partial charge in [0.05, 0.1) is 18.2 Å². The molecule has 1 aliphatic rings. The topological polar surface area (TPSA) is 73.6 Å². The molecular weight excluding hydrogens is 340 g/mol. The van der Waals surface area contributed by atoms with E-state index in [4.69, 9.17) is 15.2 Å². The average Bonchev–Trinajstić information content (AvgIpc) is 2.59. The number of hydrogen-bond acceptors (Lipinski definition) is 4. The fraction of sp³-hybridized carbons (Fsp3) is 0.632. The minimum Gasteiger partial charge on any atom is -0.381 e. The van der Waals surface area contributed by atoms with Crippen LogP contribution in [0.5, 0.6) is 0 Å². The number of nitrogens with one attached hydrogen (secondary N) is 1. The number of nitrogens with two attached hydrogens (primary N) is 1. The minimum absolute atomic E-state index is 0. The molecule has 142 valence electrons. The quantitative estimate of drug-likeness (QED) is 0.737. The third kappa shape index (κ3) is 7.32. The van der Waals surface area contributed by atoms with Gasteiger partial charge in [-0.15, -0.1) is 12.4 Å². The van der Waals surface area contributed by atoms with Crippen LogP contribution < -0.4 is 11.1 Å². The Labute approximate surface area is 157 Å². The number of hydrogen-bond donors (Lipinski definition) is 2. The minimum atomic E-state index is -0.799. The number of amides is 1. The van der Waals surface area contributed by atoms with Gasteiger partial charge in [-0.05, 0) is 37.3 Å². The van der Waals surface area contributed by atoms with Crippen LogP contribution in [0.25, 0.3) is 0 Å². The molecule has 0 aromatic heterocycles. The summed E-state index contributed by atoms with van der Waals surface area (Å²) >= 11 is 0. The number of rotatable bonds is 8. The van der Waals surface area contributed by atoms with Gasteiger partial charge in [0, 0.05) is 19.8 Å². The summed E-state index contributed by atoms with van der Waals surface area (Å²) in [5.41, 5.74) is 7.44. The van der Waals surface area contributed by atoms with Gasteiger partial charge < -0.3 is 20.5 Å². The molecule has 1 aromatic carbocycles. The maximum absolute atomic E-state index is 12.1. The molecule has 1 heterocycles. The maximum atomic E-state index is 12.1.